The number of amides is 2. The molecule has 27 heavy (non-hydrogen) atoms. The number of carbonyl (C=O) groups is 2. The van der Waals surface area contributed by atoms with Crippen LogP contribution in [0.15, 0.2) is 18.2 Å². The smallest absolute Gasteiger partial charge is 0.259 e. The maximum atomic E-state index is 12.7. The van der Waals surface area contributed by atoms with E-state index in [4.69, 9.17) is 28.9 Å². The Labute approximate surface area is 173 Å². The van der Waals surface area contributed by atoms with Crippen LogP contribution in [0.2, 0.25) is 10.0 Å². The number of hydrogen-bond acceptors (Lipinski definition) is 3. The molecule has 4 nitrogen and oxygen atoms in total. The zero-order valence-electron chi connectivity index (χ0n) is 15.5. The van der Waals surface area contributed by atoms with Gasteiger partial charge in [-0.25, -0.2) is 0 Å². The van der Waals surface area contributed by atoms with Gasteiger partial charge in [-0.3, -0.25) is 9.59 Å². The van der Waals surface area contributed by atoms with Crippen LogP contribution in [0.25, 0.3) is 0 Å². The molecule has 2 aromatic rings. The zero-order chi connectivity index (χ0) is 19.9. The second-order valence-corrected chi connectivity index (χ2v) is 9.85. The summed E-state index contributed by atoms with van der Waals surface area (Å²) in [5, 5.41) is 3.80. The van der Waals surface area contributed by atoms with E-state index in [-0.39, 0.29) is 21.0 Å². The van der Waals surface area contributed by atoms with Crippen LogP contribution >= 0.6 is 34.5 Å². The fourth-order valence-electron chi connectivity index (χ4n) is 3.55. The minimum Gasteiger partial charge on any atom is -0.365 e. The van der Waals surface area contributed by atoms with E-state index in [1.807, 2.05) is 0 Å². The van der Waals surface area contributed by atoms with Gasteiger partial charge in [-0.2, -0.15) is 0 Å². The van der Waals surface area contributed by atoms with Crippen LogP contribution in [-0.2, 0) is 12.8 Å². The summed E-state index contributed by atoms with van der Waals surface area (Å²) in [4.78, 5) is 26.0. The summed E-state index contributed by atoms with van der Waals surface area (Å²) in [5.41, 5.74) is 7.40. The first-order valence-corrected chi connectivity index (χ1v) is 10.4. The van der Waals surface area contributed by atoms with Crippen molar-refractivity contribution in [2.75, 3.05) is 5.32 Å². The van der Waals surface area contributed by atoms with E-state index in [0.29, 0.717) is 16.5 Å². The molecule has 1 aliphatic carbocycles. The number of fused-ring (bicyclic) bond motifs is 1. The number of nitrogens with two attached hydrogens (primary N) is 1. The molecule has 0 bridgehead atoms. The largest absolute Gasteiger partial charge is 0.365 e. The van der Waals surface area contributed by atoms with Crippen molar-refractivity contribution in [3.05, 3.63) is 49.8 Å². The molecule has 1 aromatic carbocycles. The lowest BCUT2D eigenvalue weighted by Gasteiger charge is -2.33. The monoisotopic (exact) mass is 424 g/mol. The number of primary amides is 1. The minimum atomic E-state index is -0.526. The fraction of sp³-hybridized carbons (Fsp3) is 0.400. The highest BCUT2D eigenvalue weighted by Crippen LogP contribution is 2.44. The maximum absolute atomic E-state index is 12.7. The van der Waals surface area contributed by atoms with E-state index in [1.54, 1.807) is 18.2 Å². The van der Waals surface area contributed by atoms with Gasteiger partial charge < -0.3 is 11.1 Å². The molecule has 1 aromatic heterocycles. The van der Waals surface area contributed by atoms with Crippen LogP contribution < -0.4 is 11.1 Å². The molecule has 0 saturated heterocycles. The third-order valence-corrected chi connectivity index (χ3v) is 6.95. The molecule has 1 heterocycles. The Morgan fingerprint density at radius 3 is 2.37 bits per heavy atom. The van der Waals surface area contributed by atoms with E-state index in [9.17, 15) is 9.59 Å². The third kappa shape index (κ3) is 4.00. The van der Waals surface area contributed by atoms with Gasteiger partial charge in [0.05, 0.1) is 21.2 Å². The van der Waals surface area contributed by atoms with E-state index in [0.717, 1.165) is 29.7 Å². The molecule has 0 fully saturated rings. The molecule has 0 aliphatic heterocycles. The van der Waals surface area contributed by atoms with Crippen molar-refractivity contribution < 1.29 is 9.59 Å². The van der Waals surface area contributed by atoms with Crippen LogP contribution in [0.3, 0.4) is 0 Å². The van der Waals surface area contributed by atoms with Gasteiger partial charge in [0.2, 0.25) is 0 Å². The van der Waals surface area contributed by atoms with Crippen molar-refractivity contribution in [3.8, 4) is 0 Å². The quantitative estimate of drug-likeness (QED) is 0.676. The first-order valence-electron chi connectivity index (χ1n) is 8.79. The van der Waals surface area contributed by atoms with Crippen LogP contribution in [0.1, 0.15) is 58.3 Å². The molecule has 1 aliphatic rings. The molecule has 0 spiro atoms. The van der Waals surface area contributed by atoms with Crippen molar-refractivity contribution in [3.63, 3.8) is 0 Å². The van der Waals surface area contributed by atoms with E-state index >= 15 is 0 Å². The van der Waals surface area contributed by atoms with Gasteiger partial charge in [0, 0.05) is 4.88 Å². The third-order valence-electron chi connectivity index (χ3n) is 5.15. The number of carbonyl (C=O) groups excluding carboxylic acids is 2. The Balaban J connectivity index is 1.96. The normalized spacial score (nSPS) is 16.7. The summed E-state index contributed by atoms with van der Waals surface area (Å²) in [5.74, 6) is -0.452. The van der Waals surface area contributed by atoms with Gasteiger partial charge in [-0.05, 0) is 48.3 Å². The summed E-state index contributed by atoms with van der Waals surface area (Å²) < 4.78 is 0. The van der Waals surface area contributed by atoms with Crippen LogP contribution in [0.4, 0.5) is 5.00 Å². The number of thiophene rings is 1. The number of nitrogens with one attached hydrogen (secondary N) is 1. The summed E-state index contributed by atoms with van der Waals surface area (Å²) in [6, 6.07) is 4.88. The topological polar surface area (TPSA) is 72.2 Å². The van der Waals surface area contributed by atoms with Crippen LogP contribution in [0, 0.1) is 11.3 Å². The Hall–Kier alpha value is -1.56. The van der Waals surface area contributed by atoms with E-state index < -0.39 is 11.8 Å². The molecule has 2 amide bonds. The van der Waals surface area contributed by atoms with Gasteiger partial charge in [-0.15, -0.1) is 11.3 Å². The molecule has 0 radical (unpaired) electrons. The van der Waals surface area contributed by atoms with E-state index in [2.05, 4.69) is 26.1 Å². The minimum absolute atomic E-state index is 0.184. The average molecular weight is 425 g/mol. The number of rotatable bonds is 3. The second kappa shape index (κ2) is 7.46. The number of benzene rings is 1. The van der Waals surface area contributed by atoms with Crippen molar-refractivity contribution in [1.82, 2.24) is 0 Å². The van der Waals surface area contributed by atoms with Crippen molar-refractivity contribution in [2.45, 2.75) is 40.0 Å². The van der Waals surface area contributed by atoms with Gasteiger partial charge in [0.15, 0.2) is 0 Å². The lowest BCUT2D eigenvalue weighted by molar-refractivity contribution is 0.1000. The summed E-state index contributed by atoms with van der Waals surface area (Å²) in [6.07, 6.45) is 2.67. The number of hydrogen-bond donors (Lipinski definition) is 2. The highest BCUT2D eigenvalue weighted by molar-refractivity contribution is 7.17. The predicted octanol–water partition coefficient (Wildman–Crippen LogP) is 5.56. The molecule has 144 valence electrons. The molecule has 3 N–H and O–H groups in total. The standard InChI is InChI=1S/C20H22Cl2N2O2S/c1-20(2,3)10-7-8-11-14(9-10)27-19(15(11)17(23)25)24-18(26)16-12(21)5-4-6-13(16)22/h4-6,10H,7-9H2,1-3H3,(H2,23,25)(H,24,26)/t10-/m1/s1. The molecule has 0 saturated carbocycles. The van der Waals surface area contributed by atoms with Crippen molar-refractivity contribution >= 4 is 51.4 Å². The molecule has 3 rings (SSSR count). The first kappa shape index (κ1) is 20.2. The second-order valence-electron chi connectivity index (χ2n) is 7.93. The Kier molecular flexibility index (Phi) is 5.57. The van der Waals surface area contributed by atoms with Crippen LogP contribution in [0.5, 0.6) is 0 Å². The highest BCUT2D eigenvalue weighted by Gasteiger charge is 2.33. The highest BCUT2D eigenvalue weighted by atomic mass is 35.5. The number of anilines is 1. The summed E-state index contributed by atoms with van der Waals surface area (Å²) in [7, 11) is 0. The SMILES string of the molecule is CC(C)(C)[C@@H]1CCc2c(sc(NC(=O)c3c(Cl)cccc3Cl)c2C(N)=O)C1. The molecule has 1 atom stereocenters. The predicted molar refractivity (Wildman–Crippen MR) is 112 cm³/mol. The lowest BCUT2D eigenvalue weighted by atomic mass is 9.72. The Bertz CT molecular complexity index is 895. The number of halogens is 2. The van der Waals surface area contributed by atoms with E-state index in [1.165, 1.54) is 11.3 Å². The Morgan fingerprint density at radius 1 is 1.19 bits per heavy atom. The molecule has 7 heteroatoms. The lowest BCUT2D eigenvalue weighted by Crippen LogP contribution is -2.27. The van der Waals surface area contributed by atoms with Gasteiger partial charge >= 0.3 is 0 Å². The molecular formula is C20H22Cl2N2O2S. The van der Waals surface area contributed by atoms with Gasteiger partial charge in [-0.1, -0.05) is 50.0 Å². The zero-order valence-corrected chi connectivity index (χ0v) is 17.8. The van der Waals surface area contributed by atoms with Gasteiger partial charge in [0.25, 0.3) is 11.8 Å². The van der Waals surface area contributed by atoms with Gasteiger partial charge in [0.1, 0.15) is 5.00 Å². The van der Waals surface area contributed by atoms with Crippen molar-refractivity contribution in [2.24, 2.45) is 17.1 Å². The average Bonchev–Trinajstić information content (AvgIpc) is 2.90. The summed E-state index contributed by atoms with van der Waals surface area (Å²) in [6.45, 7) is 6.69. The Morgan fingerprint density at radius 2 is 1.81 bits per heavy atom. The summed E-state index contributed by atoms with van der Waals surface area (Å²) >= 11 is 13.7. The van der Waals surface area contributed by atoms with Crippen LogP contribution in [-0.4, -0.2) is 11.8 Å². The maximum Gasteiger partial charge on any atom is 0.259 e. The fourth-order valence-corrected chi connectivity index (χ4v) is 5.45. The molecule has 0 unspecified atom stereocenters. The first-order chi connectivity index (χ1) is 12.6. The molecular weight excluding hydrogens is 403 g/mol. The van der Waals surface area contributed by atoms with Crippen molar-refractivity contribution in [1.29, 1.82) is 0 Å².